The number of nitrogens with one attached hydrogen (secondary N) is 1. The average molecular weight is 282 g/mol. The molecule has 4 nitrogen and oxygen atoms in total. The van der Waals surface area contributed by atoms with E-state index in [1.165, 1.54) is 17.6 Å². The highest BCUT2D eigenvalue weighted by atomic mass is 35.5. The molecule has 0 aliphatic heterocycles. The number of halogens is 1. The van der Waals surface area contributed by atoms with E-state index >= 15 is 0 Å². The van der Waals surface area contributed by atoms with Crippen LogP contribution in [0.5, 0.6) is 0 Å². The minimum atomic E-state index is 0.574. The average Bonchev–Trinajstić information content (AvgIpc) is 2.70. The molecule has 1 aromatic heterocycles. The third-order valence-corrected chi connectivity index (χ3v) is 3.79. The normalized spacial score (nSPS) is 11.0. The molecule has 0 spiro atoms. The van der Waals surface area contributed by atoms with E-state index in [0.717, 1.165) is 21.4 Å². The van der Waals surface area contributed by atoms with Crippen LogP contribution in [0.15, 0.2) is 29.4 Å². The maximum absolute atomic E-state index is 8.42. The van der Waals surface area contributed by atoms with Gasteiger partial charge in [-0.15, -0.1) is 16.5 Å². The minimum Gasteiger partial charge on any atom is -0.411 e. The first-order chi connectivity index (χ1) is 8.70. The number of nitrogens with zero attached hydrogens (tertiary/aromatic N) is 2. The van der Waals surface area contributed by atoms with Gasteiger partial charge in [0.15, 0.2) is 5.13 Å². The number of hydrogen-bond acceptors (Lipinski definition) is 5. The molecule has 0 saturated carbocycles. The van der Waals surface area contributed by atoms with Gasteiger partial charge in [-0.1, -0.05) is 23.7 Å². The number of benzene rings is 1. The molecule has 94 valence electrons. The van der Waals surface area contributed by atoms with E-state index in [1.807, 2.05) is 31.2 Å². The second kappa shape index (κ2) is 5.84. The SMILES string of the molecule is Cc1nc(Nc2ccccc2Cl)sc1CC=NO. The quantitative estimate of drug-likeness (QED) is 0.508. The predicted octanol–water partition coefficient (Wildman–Crippen LogP) is 3.85. The van der Waals surface area contributed by atoms with Gasteiger partial charge in [0.1, 0.15) is 0 Å². The van der Waals surface area contributed by atoms with E-state index < -0.39 is 0 Å². The zero-order chi connectivity index (χ0) is 13.0. The molecule has 0 aliphatic carbocycles. The topological polar surface area (TPSA) is 57.5 Å². The molecule has 2 rings (SSSR count). The Kier molecular flexibility index (Phi) is 4.17. The number of oxime groups is 1. The lowest BCUT2D eigenvalue weighted by molar-refractivity contribution is 0.321. The first kappa shape index (κ1) is 12.9. The summed E-state index contributed by atoms with van der Waals surface area (Å²) in [6, 6.07) is 7.51. The van der Waals surface area contributed by atoms with Crippen molar-refractivity contribution in [2.45, 2.75) is 13.3 Å². The van der Waals surface area contributed by atoms with E-state index in [0.29, 0.717) is 11.4 Å². The molecule has 6 heteroatoms. The molecule has 0 amide bonds. The lowest BCUT2D eigenvalue weighted by atomic mass is 10.3. The fraction of sp³-hybridized carbons (Fsp3) is 0.167. The van der Waals surface area contributed by atoms with Crippen molar-refractivity contribution in [1.82, 2.24) is 4.98 Å². The van der Waals surface area contributed by atoms with Crippen LogP contribution < -0.4 is 5.32 Å². The molecule has 0 fully saturated rings. The predicted molar refractivity (Wildman–Crippen MR) is 75.6 cm³/mol. The van der Waals surface area contributed by atoms with Crippen LogP contribution in [0.3, 0.4) is 0 Å². The number of para-hydroxylation sites is 1. The van der Waals surface area contributed by atoms with Gasteiger partial charge in [0.2, 0.25) is 0 Å². The fourth-order valence-corrected chi connectivity index (χ4v) is 2.58. The minimum absolute atomic E-state index is 0.574. The van der Waals surface area contributed by atoms with Gasteiger partial charge in [-0.2, -0.15) is 0 Å². The number of rotatable bonds is 4. The standard InChI is InChI=1S/C12H12ClN3OS/c1-8-11(6-7-14-17)18-12(15-8)16-10-5-3-2-4-9(10)13/h2-5,7,17H,6H2,1H3,(H,15,16). The summed E-state index contributed by atoms with van der Waals surface area (Å²) in [7, 11) is 0. The highest BCUT2D eigenvalue weighted by Crippen LogP contribution is 2.29. The second-order valence-electron chi connectivity index (χ2n) is 3.63. The second-order valence-corrected chi connectivity index (χ2v) is 5.13. The maximum atomic E-state index is 8.42. The molecule has 0 saturated heterocycles. The maximum Gasteiger partial charge on any atom is 0.187 e. The number of hydrogen-bond donors (Lipinski definition) is 2. The van der Waals surface area contributed by atoms with E-state index in [9.17, 15) is 0 Å². The Morgan fingerprint density at radius 3 is 3.00 bits per heavy atom. The highest BCUT2D eigenvalue weighted by molar-refractivity contribution is 7.15. The van der Waals surface area contributed by atoms with Crippen molar-refractivity contribution in [3.8, 4) is 0 Å². The Morgan fingerprint density at radius 1 is 1.50 bits per heavy atom. The monoisotopic (exact) mass is 281 g/mol. The lowest BCUT2D eigenvalue weighted by Crippen LogP contribution is -1.89. The molecule has 2 aromatic rings. The molecule has 18 heavy (non-hydrogen) atoms. The fourth-order valence-electron chi connectivity index (χ4n) is 1.47. The molecule has 2 N–H and O–H groups in total. The summed E-state index contributed by atoms with van der Waals surface area (Å²) in [6.07, 6.45) is 2.02. The molecule has 1 aromatic carbocycles. The largest absolute Gasteiger partial charge is 0.411 e. The van der Waals surface area contributed by atoms with Gasteiger partial charge in [-0.05, 0) is 19.1 Å². The van der Waals surface area contributed by atoms with Gasteiger partial charge in [0, 0.05) is 17.5 Å². The summed E-state index contributed by atoms with van der Waals surface area (Å²) in [5.41, 5.74) is 1.75. The van der Waals surface area contributed by atoms with Crippen LogP contribution in [0, 0.1) is 6.92 Å². The van der Waals surface area contributed by atoms with Gasteiger partial charge in [0.05, 0.1) is 16.4 Å². The van der Waals surface area contributed by atoms with E-state index in [4.69, 9.17) is 16.8 Å². The van der Waals surface area contributed by atoms with Crippen molar-refractivity contribution in [2.24, 2.45) is 5.16 Å². The lowest BCUT2D eigenvalue weighted by Gasteiger charge is -2.03. The van der Waals surface area contributed by atoms with Gasteiger partial charge >= 0.3 is 0 Å². The summed E-state index contributed by atoms with van der Waals surface area (Å²) in [4.78, 5) is 5.46. The van der Waals surface area contributed by atoms with E-state index in [2.05, 4.69) is 15.5 Å². The summed E-state index contributed by atoms with van der Waals surface area (Å²) >= 11 is 7.58. The van der Waals surface area contributed by atoms with Crippen molar-refractivity contribution >= 4 is 40.0 Å². The number of aromatic nitrogens is 1. The molecular formula is C12H12ClN3OS. The third-order valence-electron chi connectivity index (χ3n) is 2.37. The Labute approximate surface area is 114 Å². The Bertz CT molecular complexity index is 568. The molecule has 0 radical (unpaired) electrons. The smallest absolute Gasteiger partial charge is 0.187 e. The van der Waals surface area contributed by atoms with Crippen LogP contribution in [0.4, 0.5) is 10.8 Å². The Hall–Kier alpha value is -1.59. The van der Waals surface area contributed by atoms with Crippen LogP contribution >= 0.6 is 22.9 Å². The van der Waals surface area contributed by atoms with Gasteiger partial charge in [-0.25, -0.2) is 4.98 Å². The number of anilines is 2. The first-order valence-corrected chi connectivity index (χ1v) is 6.54. The van der Waals surface area contributed by atoms with E-state index in [-0.39, 0.29) is 0 Å². The number of aryl methyl sites for hydroxylation is 1. The van der Waals surface area contributed by atoms with Crippen LogP contribution in [-0.4, -0.2) is 16.4 Å². The third kappa shape index (κ3) is 3.00. The summed E-state index contributed by atoms with van der Waals surface area (Å²) < 4.78 is 0. The molecule has 0 aliphatic rings. The van der Waals surface area contributed by atoms with Gasteiger partial charge in [-0.3, -0.25) is 0 Å². The van der Waals surface area contributed by atoms with Crippen LogP contribution in [0.2, 0.25) is 5.02 Å². The van der Waals surface area contributed by atoms with Crippen molar-refractivity contribution in [3.05, 3.63) is 39.9 Å². The molecular weight excluding hydrogens is 270 g/mol. The molecule has 0 unspecified atom stereocenters. The highest BCUT2D eigenvalue weighted by Gasteiger charge is 2.08. The zero-order valence-corrected chi connectivity index (χ0v) is 11.3. The van der Waals surface area contributed by atoms with Crippen LogP contribution in [0.1, 0.15) is 10.6 Å². The van der Waals surface area contributed by atoms with Crippen molar-refractivity contribution in [3.63, 3.8) is 0 Å². The van der Waals surface area contributed by atoms with Crippen LogP contribution in [-0.2, 0) is 6.42 Å². The molecule has 0 atom stereocenters. The van der Waals surface area contributed by atoms with Crippen molar-refractivity contribution < 1.29 is 5.21 Å². The first-order valence-electron chi connectivity index (χ1n) is 5.34. The van der Waals surface area contributed by atoms with Crippen molar-refractivity contribution in [1.29, 1.82) is 0 Å². The van der Waals surface area contributed by atoms with E-state index in [1.54, 1.807) is 0 Å². The summed E-state index contributed by atoms with van der Waals surface area (Å²) in [6.45, 7) is 1.93. The molecule has 0 bridgehead atoms. The van der Waals surface area contributed by atoms with Crippen LogP contribution in [0.25, 0.3) is 0 Å². The Balaban J connectivity index is 2.18. The number of thiazole rings is 1. The van der Waals surface area contributed by atoms with Crippen molar-refractivity contribution in [2.75, 3.05) is 5.32 Å². The summed E-state index contributed by atoms with van der Waals surface area (Å²) in [5, 5.41) is 16.0. The molecule has 1 heterocycles. The van der Waals surface area contributed by atoms with Gasteiger partial charge < -0.3 is 10.5 Å². The Morgan fingerprint density at radius 2 is 2.28 bits per heavy atom. The summed E-state index contributed by atoms with van der Waals surface area (Å²) in [5.74, 6) is 0. The van der Waals surface area contributed by atoms with Gasteiger partial charge in [0.25, 0.3) is 0 Å². The zero-order valence-electron chi connectivity index (χ0n) is 9.72.